The molecule has 0 spiro atoms. The summed E-state index contributed by atoms with van der Waals surface area (Å²) in [5, 5.41) is 9.47. The van der Waals surface area contributed by atoms with Crippen LogP contribution in [0.4, 0.5) is 14.5 Å². The third-order valence-corrected chi connectivity index (χ3v) is 8.01. The summed E-state index contributed by atoms with van der Waals surface area (Å²) in [5.74, 6) is -0.631. The highest BCUT2D eigenvalue weighted by atomic mass is 79.9. The Kier molecular flexibility index (Phi) is 7.03. The molecule has 2 aromatic carbocycles. The van der Waals surface area contributed by atoms with Crippen LogP contribution in [0.25, 0.3) is 11.0 Å². The van der Waals surface area contributed by atoms with Crippen LogP contribution in [-0.4, -0.2) is 39.6 Å². The van der Waals surface area contributed by atoms with Crippen LogP contribution in [0.15, 0.2) is 69.9 Å². The van der Waals surface area contributed by atoms with E-state index in [0.717, 1.165) is 11.1 Å². The standard InChI is InChI=1S/C29H26BrF2N5O/c1-17-16-37(28-25(30)29(38)35(3)24-13-12-23(14-33)34-26(24)28)18(2)15-36(17)27(19-4-8-21(31)9-5-19)20-6-10-22(32)11-7-20/h4-13,17-18,27H,15-16H2,1-3H3/t17?,18-/m0/s1. The van der Waals surface area contributed by atoms with Crippen molar-refractivity contribution in [3.8, 4) is 6.07 Å². The van der Waals surface area contributed by atoms with Crippen molar-refractivity contribution < 1.29 is 8.78 Å². The van der Waals surface area contributed by atoms with E-state index in [4.69, 9.17) is 0 Å². The molecule has 194 valence electrons. The van der Waals surface area contributed by atoms with Crippen molar-refractivity contribution in [3.05, 3.63) is 104 Å². The van der Waals surface area contributed by atoms with E-state index in [9.17, 15) is 18.8 Å². The van der Waals surface area contributed by atoms with Gasteiger partial charge in [0, 0.05) is 32.2 Å². The average Bonchev–Trinajstić information content (AvgIpc) is 2.91. The van der Waals surface area contributed by atoms with Gasteiger partial charge in [0.15, 0.2) is 0 Å². The lowest BCUT2D eigenvalue weighted by Gasteiger charge is -2.48. The summed E-state index contributed by atoms with van der Waals surface area (Å²) in [6, 6.07) is 18.0. The molecule has 0 aliphatic carbocycles. The number of aryl methyl sites for hydroxylation is 1. The highest BCUT2D eigenvalue weighted by Gasteiger charge is 2.37. The molecule has 1 saturated heterocycles. The Bertz CT molecular complexity index is 1550. The summed E-state index contributed by atoms with van der Waals surface area (Å²) in [4.78, 5) is 22.2. The number of fused-ring (bicyclic) bond motifs is 1. The fourth-order valence-electron chi connectivity index (χ4n) is 5.37. The minimum absolute atomic E-state index is 0.00327. The number of halogens is 3. The molecule has 3 heterocycles. The molecular weight excluding hydrogens is 552 g/mol. The number of benzene rings is 2. The van der Waals surface area contributed by atoms with Gasteiger partial charge in [0.25, 0.3) is 5.56 Å². The Hall–Kier alpha value is -3.61. The Labute approximate surface area is 227 Å². The van der Waals surface area contributed by atoms with Crippen molar-refractivity contribution >= 4 is 32.7 Å². The lowest BCUT2D eigenvalue weighted by molar-refractivity contribution is 0.130. The molecule has 0 radical (unpaired) electrons. The number of hydrogen-bond acceptors (Lipinski definition) is 5. The Morgan fingerprint density at radius 1 is 0.947 bits per heavy atom. The van der Waals surface area contributed by atoms with Crippen LogP contribution in [-0.2, 0) is 7.05 Å². The van der Waals surface area contributed by atoms with Crippen LogP contribution in [0.3, 0.4) is 0 Å². The number of nitriles is 1. The number of piperazine rings is 1. The van der Waals surface area contributed by atoms with Gasteiger partial charge < -0.3 is 9.47 Å². The van der Waals surface area contributed by atoms with Gasteiger partial charge in [-0.3, -0.25) is 9.69 Å². The predicted molar refractivity (Wildman–Crippen MR) is 147 cm³/mol. The number of hydrogen-bond donors (Lipinski definition) is 0. The van der Waals surface area contributed by atoms with E-state index >= 15 is 0 Å². The van der Waals surface area contributed by atoms with Crippen LogP contribution >= 0.6 is 15.9 Å². The quantitative estimate of drug-likeness (QED) is 0.319. The maximum Gasteiger partial charge on any atom is 0.267 e. The Morgan fingerprint density at radius 3 is 2.08 bits per heavy atom. The van der Waals surface area contributed by atoms with Crippen molar-refractivity contribution in [2.45, 2.75) is 32.0 Å². The van der Waals surface area contributed by atoms with Crippen molar-refractivity contribution in [1.29, 1.82) is 5.26 Å². The molecule has 1 unspecified atom stereocenters. The molecule has 38 heavy (non-hydrogen) atoms. The summed E-state index contributed by atoms with van der Waals surface area (Å²) < 4.78 is 29.5. The van der Waals surface area contributed by atoms with Crippen LogP contribution in [0.5, 0.6) is 0 Å². The monoisotopic (exact) mass is 577 g/mol. The summed E-state index contributed by atoms with van der Waals surface area (Å²) in [6.45, 7) is 5.36. The molecule has 0 amide bonds. The van der Waals surface area contributed by atoms with E-state index in [-0.39, 0.29) is 41.0 Å². The molecule has 0 saturated carbocycles. The van der Waals surface area contributed by atoms with Gasteiger partial charge in [0.1, 0.15) is 33.4 Å². The molecule has 1 aliphatic heterocycles. The van der Waals surface area contributed by atoms with Crippen LogP contribution in [0, 0.1) is 23.0 Å². The lowest BCUT2D eigenvalue weighted by atomic mass is 9.93. The molecular formula is C29H26BrF2N5O. The van der Waals surface area contributed by atoms with E-state index in [1.807, 2.05) is 0 Å². The minimum atomic E-state index is -0.315. The summed E-state index contributed by atoms with van der Waals surface area (Å²) in [7, 11) is 1.69. The number of anilines is 1. The van der Waals surface area contributed by atoms with E-state index in [2.05, 4.69) is 50.6 Å². The third kappa shape index (κ3) is 4.59. The molecule has 0 bridgehead atoms. The fraction of sp³-hybridized carbons (Fsp3) is 0.276. The summed E-state index contributed by atoms with van der Waals surface area (Å²) in [6.07, 6.45) is 0. The van der Waals surface area contributed by atoms with Gasteiger partial charge in [-0.25, -0.2) is 13.8 Å². The normalized spacial score (nSPS) is 18.2. The van der Waals surface area contributed by atoms with Crippen molar-refractivity contribution in [1.82, 2.24) is 14.5 Å². The zero-order chi connectivity index (χ0) is 27.1. The smallest absolute Gasteiger partial charge is 0.267 e. The van der Waals surface area contributed by atoms with Crippen LogP contribution < -0.4 is 10.5 Å². The van der Waals surface area contributed by atoms with E-state index in [1.165, 1.54) is 28.8 Å². The number of pyridine rings is 2. The molecule has 1 aliphatic rings. The molecule has 6 nitrogen and oxygen atoms in total. The second-order valence-electron chi connectivity index (χ2n) is 9.76. The average molecular weight is 578 g/mol. The van der Waals surface area contributed by atoms with Gasteiger partial charge in [-0.2, -0.15) is 5.26 Å². The first kappa shape index (κ1) is 26.0. The van der Waals surface area contributed by atoms with E-state index in [1.54, 1.807) is 43.4 Å². The molecule has 2 atom stereocenters. The van der Waals surface area contributed by atoms with Gasteiger partial charge in [-0.1, -0.05) is 24.3 Å². The third-order valence-electron chi connectivity index (χ3n) is 7.30. The van der Waals surface area contributed by atoms with Gasteiger partial charge in [-0.05, 0) is 77.3 Å². The molecule has 1 fully saturated rings. The van der Waals surface area contributed by atoms with Crippen molar-refractivity contribution in [2.24, 2.45) is 7.05 Å². The second kappa shape index (κ2) is 10.3. The Balaban J connectivity index is 1.58. The zero-order valence-electron chi connectivity index (χ0n) is 21.2. The molecule has 0 N–H and O–H groups in total. The van der Waals surface area contributed by atoms with Crippen molar-refractivity contribution in [3.63, 3.8) is 0 Å². The summed E-state index contributed by atoms with van der Waals surface area (Å²) in [5.41, 5.74) is 3.80. The number of aromatic nitrogens is 2. The first-order valence-electron chi connectivity index (χ1n) is 12.3. The highest BCUT2D eigenvalue weighted by Crippen LogP contribution is 2.38. The number of nitrogens with zero attached hydrogens (tertiary/aromatic N) is 5. The second-order valence-corrected chi connectivity index (χ2v) is 10.5. The first-order chi connectivity index (χ1) is 18.2. The summed E-state index contributed by atoms with van der Waals surface area (Å²) >= 11 is 3.53. The topological polar surface area (TPSA) is 65.2 Å². The zero-order valence-corrected chi connectivity index (χ0v) is 22.8. The molecule has 4 aromatic rings. The molecule has 5 rings (SSSR count). The first-order valence-corrected chi connectivity index (χ1v) is 13.1. The Morgan fingerprint density at radius 2 is 1.53 bits per heavy atom. The highest BCUT2D eigenvalue weighted by molar-refractivity contribution is 9.10. The number of rotatable bonds is 4. The van der Waals surface area contributed by atoms with Gasteiger partial charge in [-0.15, -0.1) is 0 Å². The van der Waals surface area contributed by atoms with E-state index < -0.39 is 0 Å². The predicted octanol–water partition coefficient (Wildman–Crippen LogP) is 5.53. The lowest BCUT2D eigenvalue weighted by Crippen LogP contribution is -2.57. The van der Waals surface area contributed by atoms with Crippen LogP contribution in [0.1, 0.15) is 36.7 Å². The maximum absolute atomic E-state index is 13.8. The SMILES string of the molecule is CC1CN(c2c(Br)c(=O)n(C)c3ccc(C#N)nc23)[C@@H](C)CN1C(c1ccc(F)cc1)c1ccc(F)cc1. The maximum atomic E-state index is 13.8. The van der Waals surface area contributed by atoms with E-state index in [0.29, 0.717) is 34.3 Å². The van der Waals surface area contributed by atoms with Gasteiger partial charge in [0.05, 0.1) is 17.2 Å². The molecule has 9 heteroatoms. The van der Waals surface area contributed by atoms with Gasteiger partial charge in [0.2, 0.25) is 0 Å². The minimum Gasteiger partial charge on any atom is -0.363 e. The fourth-order valence-corrected chi connectivity index (χ4v) is 6.05. The van der Waals surface area contributed by atoms with Gasteiger partial charge >= 0.3 is 0 Å². The molecule has 2 aromatic heterocycles. The van der Waals surface area contributed by atoms with Crippen molar-refractivity contribution in [2.75, 3.05) is 18.0 Å². The van der Waals surface area contributed by atoms with Crippen LogP contribution in [0.2, 0.25) is 0 Å². The largest absolute Gasteiger partial charge is 0.363 e.